The summed E-state index contributed by atoms with van der Waals surface area (Å²) in [6.07, 6.45) is 6.17. The first kappa shape index (κ1) is 17.8. The Hall–Kier alpha value is -0.210. The third-order valence-electron chi connectivity index (χ3n) is 3.85. The number of hydrogen-bond donors (Lipinski definition) is 2. The lowest BCUT2D eigenvalue weighted by Gasteiger charge is -2.32. The van der Waals surface area contributed by atoms with Crippen LogP contribution in [0.1, 0.15) is 39.0 Å². The molecule has 2 atom stereocenters. The molecular weight excluding hydrogens is 278 g/mol. The zero-order valence-corrected chi connectivity index (χ0v) is 13.5. The maximum Gasteiger partial charge on any atom is 0.211 e. The van der Waals surface area contributed by atoms with E-state index in [-0.39, 0.29) is 6.04 Å². The van der Waals surface area contributed by atoms with Gasteiger partial charge in [0, 0.05) is 32.3 Å². The number of ether oxygens (including phenoxy) is 1. The second kappa shape index (κ2) is 8.94. The monoisotopic (exact) mass is 307 g/mol. The molecule has 3 N–H and O–H groups in total. The highest BCUT2D eigenvalue weighted by Gasteiger charge is 2.27. The molecule has 1 saturated heterocycles. The summed E-state index contributed by atoms with van der Waals surface area (Å²) in [4.78, 5) is 0. The van der Waals surface area contributed by atoms with Crippen LogP contribution in [-0.4, -0.2) is 51.3 Å². The lowest BCUT2D eigenvalue weighted by molar-refractivity contribution is 0.138. The van der Waals surface area contributed by atoms with Gasteiger partial charge < -0.3 is 4.74 Å². The van der Waals surface area contributed by atoms with Gasteiger partial charge in [-0.15, -0.1) is 0 Å². The number of sulfonamides is 1. The van der Waals surface area contributed by atoms with Crippen LogP contribution in [0.3, 0.4) is 0 Å². The summed E-state index contributed by atoms with van der Waals surface area (Å²) in [5.41, 5.74) is 2.86. The van der Waals surface area contributed by atoms with Crippen molar-refractivity contribution in [3.05, 3.63) is 0 Å². The van der Waals surface area contributed by atoms with Crippen molar-refractivity contribution in [1.82, 2.24) is 9.73 Å². The summed E-state index contributed by atoms with van der Waals surface area (Å²) < 4.78 is 30.1. The molecule has 0 bridgehead atoms. The molecule has 6 nitrogen and oxygen atoms in total. The van der Waals surface area contributed by atoms with E-state index in [2.05, 4.69) is 5.43 Å². The average molecular weight is 307 g/mol. The zero-order chi connectivity index (χ0) is 15.0. The predicted molar refractivity (Wildman–Crippen MR) is 80.6 cm³/mol. The molecule has 1 fully saturated rings. The Morgan fingerprint density at radius 3 is 2.85 bits per heavy atom. The number of nitrogens with two attached hydrogens (primary N) is 1. The molecule has 20 heavy (non-hydrogen) atoms. The molecule has 1 rings (SSSR count). The summed E-state index contributed by atoms with van der Waals surface area (Å²) in [5, 5.41) is 0. The van der Waals surface area contributed by atoms with E-state index in [0.717, 1.165) is 45.3 Å². The molecule has 0 saturated carbocycles. The minimum atomic E-state index is -3.06. The average Bonchev–Trinajstić information content (AvgIpc) is 2.41. The molecule has 0 aromatic rings. The molecule has 0 aromatic heterocycles. The predicted octanol–water partition coefficient (Wildman–Crippen LogP) is 0.697. The van der Waals surface area contributed by atoms with Crippen molar-refractivity contribution in [1.29, 1.82) is 0 Å². The van der Waals surface area contributed by atoms with Gasteiger partial charge in [0.1, 0.15) is 0 Å². The summed E-state index contributed by atoms with van der Waals surface area (Å²) >= 11 is 0. The van der Waals surface area contributed by atoms with Crippen LogP contribution in [0.15, 0.2) is 0 Å². The number of piperidine rings is 1. The Bertz CT molecular complexity index is 362. The number of hydrazine groups is 1. The minimum Gasteiger partial charge on any atom is -0.382 e. The summed E-state index contributed by atoms with van der Waals surface area (Å²) in [5.74, 6) is 6.00. The van der Waals surface area contributed by atoms with Crippen molar-refractivity contribution in [2.45, 2.75) is 45.1 Å². The van der Waals surface area contributed by atoms with Crippen LogP contribution >= 0.6 is 0 Å². The number of hydrogen-bond acceptors (Lipinski definition) is 5. The highest BCUT2D eigenvalue weighted by Crippen LogP contribution is 2.23. The molecule has 0 aromatic carbocycles. The van der Waals surface area contributed by atoms with E-state index >= 15 is 0 Å². The quantitative estimate of drug-likeness (QED) is 0.372. The van der Waals surface area contributed by atoms with Crippen molar-refractivity contribution in [2.24, 2.45) is 11.8 Å². The van der Waals surface area contributed by atoms with Crippen molar-refractivity contribution in [3.63, 3.8) is 0 Å². The Balaban J connectivity index is 2.36. The Morgan fingerprint density at radius 2 is 2.25 bits per heavy atom. The van der Waals surface area contributed by atoms with Crippen molar-refractivity contribution < 1.29 is 13.2 Å². The molecular formula is C13H29N3O3S. The van der Waals surface area contributed by atoms with Gasteiger partial charge in [-0.3, -0.25) is 11.3 Å². The first-order valence-electron chi connectivity index (χ1n) is 7.46. The van der Waals surface area contributed by atoms with Crippen molar-refractivity contribution in [2.75, 3.05) is 32.6 Å². The van der Waals surface area contributed by atoms with Crippen molar-refractivity contribution in [3.8, 4) is 0 Å². The van der Waals surface area contributed by atoms with Gasteiger partial charge in [-0.1, -0.05) is 0 Å². The third-order valence-corrected chi connectivity index (χ3v) is 5.12. The Kier molecular flexibility index (Phi) is 7.98. The van der Waals surface area contributed by atoms with Gasteiger partial charge >= 0.3 is 0 Å². The summed E-state index contributed by atoms with van der Waals surface area (Å²) in [6.45, 7) is 4.77. The van der Waals surface area contributed by atoms with E-state index in [1.807, 2.05) is 6.92 Å². The molecule has 1 aliphatic rings. The fraction of sp³-hybridized carbons (Fsp3) is 1.00. The van der Waals surface area contributed by atoms with Gasteiger partial charge in [0.25, 0.3) is 0 Å². The second-order valence-corrected chi connectivity index (χ2v) is 7.55. The van der Waals surface area contributed by atoms with Crippen molar-refractivity contribution >= 4 is 10.0 Å². The van der Waals surface area contributed by atoms with Gasteiger partial charge in [-0.05, 0) is 44.9 Å². The van der Waals surface area contributed by atoms with E-state index in [1.54, 1.807) is 4.31 Å². The van der Waals surface area contributed by atoms with Gasteiger partial charge in [0.15, 0.2) is 0 Å². The molecule has 0 aliphatic carbocycles. The molecule has 2 unspecified atom stereocenters. The molecule has 0 radical (unpaired) electrons. The van der Waals surface area contributed by atoms with Crippen LogP contribution < -0.4 is 11.3 Å². The lowest BCUT2D eigenvalue weighted by Crippen LogP contribution is -2.43. The molecule has 0 spiro atoms. The fourth-order valence-electron chi connectivity index (χ4n) is 2.77. The number of nitrogens with one attached hydrogen (secondary N) is 1. The molecule has 120 valence electrons. The van der Waals surface area contributed by atoms with Gasteiger partial charge in [0.05, 0.1) is 6.26 Å². The van der Waals surface area contributed by atoms with Crippen LogP contribution in [0.5, 0.6) is 0 Å². The zero-order valence-electron chi connectivity index (χ0n) is 12.7. The third kappa shape index (κ3) is 6.49. The van der Waals surface area contributed by atoms with Crippen LogP contribution in [-0.2, 0) is 14.8 Å². The van der Waals surface area contributed by atoms with Crippen LogP contribution in [0, 0.1) is 5.92 Å². The maximum absolute atomic E-state index is 11.6. The standard InChI is InChI=1S/C13H29N3O3S/c1-3-19-9-5-7-13(15-14)10-12-6-4-8-16(11-12)20(2,17)18/h12-13,15H,3-11,14H2,1-2H3. The smallest absolute Gasteiger partial charge is 0.211 e. The fourth-order valence-corrected chi connectivity index (χ4v) is 3.71. The molecule has 1 heterocycles. The van der Waals surface area contributed by atoms with Crippen LogP contribution in [0.4, 0.5) is 0 Å². The summed E-state index contributed by atoms with van der Waals surface area (Å²) in [6, 6.07) is 0.236. The minimum absolute atomic E-state index is 0.236. The van der Waals surface area contributed by atoms with Crippen LogP contribution in [0.25, 0.3) is 0 Å². The van der Waals surface area contributed by atoms with Gasteiger partial charge in [-0.2, -0.15) is 0 Å². The van der Waals surface area contributed by atoms with Crippen LogP contribution in [0.2, 0.25) is 0 Å². The maximum atomic E-state index is 11.6. The number of nitrogens with zero attached hydrogens (tertiary/aromatic N) is 1. The van der Waals surface area contributed by atoms with Gasteiger partial charge in [0.2, 0.25) is 10.0 Å². The lowest BCUT2D eigenvalue weighted by atomic mass is 9.91. The molecule has 0 amide bonds. The highest BCUT2D eigenvalue weighted by molar-refractivity contribution is 7.88. The van der Waals surface area contributed by atoms with E-state index in [0.29, 0.717) is 19.0 Å². The van der Waals surface area contributed by atoms with E-state index in [9.17, 15) is 8.42 Å². The van der Waals surface area contributed by atoms with E-state index in [4.69, 9.17) is 10.6 Å². The van der Waals surface area contributed by atoms with Gasteiger partial charge in [-0.25, -0.2) is 12.7 Å². The topological polar surface area (TPSA) is 84.7 Å². The SMILES string of the molecule is CCOCCCC(CC1CCCN(S(C)(=O)=O)C1)NN. The highest BCUT2D eigenvalue weighted by atomic mass is 32.2. The van der Waals surface area contributed by atoms with E-state index in [1.165, 1.54) is 6.26 Å². The Labute approximate surface area is 123 Å². The summed E-state index contributed by atoms with van der Waals surface area (Å²) in [7, 11) is -3.06. The largest absolute Gasteiger partial charge is 0.382 e. The number of rotatable bonds is 9. The molecule has 1 aliphatic heterocycles. The Morgan fingerprint density at radius 1 is 1.50 bits per heavy atom. The van der Waals surface area contributed by atoms with E-state index < -0.39 is 10.0 Å². The first-order valence-corrected chi connectivity index (χ1v) is 9.31. The first-order chi connectivity index (χ1) is 9.47. The molecule has 7 heteroatoms. The second-order valence-electron chi connectivity index (χ2n) is 5.57. The normalized spacial score (nSPS) is 22.9.